The van der Waals surface area contributed by atoms with Gasteiger partial charge in [0.15, 0.2) is 0 Å². The van der Waals surface area contributed by atoms with E-state index < -0.39 is 17.9 Å². The van der Waals surface area contributed by atoms with E-state index in [1.54, 1.807) is 0 Å². The second-order valence-corrected chi connectivity index (χ2v) is 4.01. The zero-order valence-electron chi connectivity index (χ0n) is 9.60. The van der Waals surface area contributed by atoms with Crippen molar-refractivity contribution in [2.24, 2.45) is 11.7 Å². The quantitative estimate of drug-likeness (QED) is 0.764. The Hall–Kier alpha value is -1.35. The molecule has 1 aromatic carbocycles. The number of aliphatic hydroxyl groups excluding tert-OH is 1. The number of rotatable bonds is 6. The maximum atomic E-state index is 11.0. The van der Waals surface area contributed by atoms with Gasteiger partial charge in [0.1, 0.15) is 0 Å². The van der Waals surface area contributed by atoms with Gasteiger partial charge in [-0.2, -0.15) is 0 Å². The van der Waals surface area contributed by atoms with E-state index in [1.165, 1.54) is 5.56 Å². The molecule has 0 bridgehead atoms. The zero-order valence-corrected chi connectivity index (χ0v) is 9.60. The summed E-state index contributed by atoms with van der Waals surface area (Å²) in [6, 6.07) is 9.91. The molecule has 0 saturated heterocycles. The summed E-state index contributed by atoms with van der Waals surface area (Å²) in [6.45, 7) is 1.86. The molecule has 2 atom stereocenters. The number of hydrogen-bond acceptors (Lipinski definition) is 2. The van der Waals surface area contributed by atoms with Gasteiger partial charge >= 0.3 is 0 Å². The summed E-state index contributed by atoms with van der Waals surface area (Å²) < 4.78 is 0. The largest absolute Gasteiger partial charge is 0.392 e. The van der Waals surface area contributed by atoms with E-state index in [0.717, 1.165) is 6.42 Å². The van der Waals surface area contributed by atoms with Crippen LogP contribution in [0.5, 0.6) is 0 Å². The lowest BCUT2D eigenvalue weighted by Crippen LogP contribution is -2.33. The first-order chi connectivity index (χ1) is 7.65. The van der Waals surface area contributed by atoms with Crippen molar-refractivity contribution >= 4 is 5.91 Å². The van der Waals surface area contributed by atoms with Crippen LogP contribution in [0.1, 0.15) is 25.3 Å². The Morgan fingerprint density at radius 1 is 1.38 bits per heavy atom. The van der Waals surface area contributed by atoms with Gasteiger partial charge in [-0.3, -0.25) is 4.79 Å². The van der Waals surface area contributed by atoms with Crippen LogP contribution in [0.15, 0.2) is 30.3 Å². The molecule has 3 nitrogen and oxygen atoms in total. The standard InChI is InChI=1S/C13H19NO2/c1-2-11(13(14)16)12(15)9-8-10-6-4-3-5-7-10/h3-7,11-12,15H,2,8-9H2,1H3,(H2,14,16)/t11-,12-/m1/s1. The van der Waals surface area contributed by atoms with Gasteiger partial charge in [0.05, 0.1) is 12.0 Å². The Kier molecular flexibility index (Phi) is 4.99. The van der Waals surface area contributed by atoms with E-state index >= 15 is 0 Å². The highest BCUT2D eigenvalue weighted by molar-refractivity contribution is 5.77. The minimum Gasteiger partial charge on any atom is -0.392 e. The summed E-state index contributed by atoms with van der Waals surface area (Å²) >= 11 is 0. The van der Waals surface area contributed by atoms with Crippen LogP contribution >= 0.6 is 0 Å². The Bertz CT molecular complexity index is 324. The summed E-state index contributed by atoms with van der Waals surface area (Å²) in [4.78, 5) is 11.0. The second kappa shape index (κ2) is 6.28. The van der Waals surface area contributed by atoms with Crippen molar-refractivity contribution in [3.63, 3.8) is 0 Å². The minimum absolute atomic E-state index is 0.414. The third kappa shape index (κ3) is 3.66. The number of carbonyl (C=O) groups excluding carboxylic acids is 1. The molecule has 0 aliphatic carbocycles. The van der Waals surface area contributed by atoms with Crippen LogP contribution in [0.4, 0.5) is 0 Å². The van der Waals surface area contributed by atoms with Crippen LogP contribution in [0.25, 0.3) is 0 Å². The fourth-order valence-corrected chi connectivity index (χ4v) is 1.82. The van der Waals surface area contributed by atoms with Crippen molar-refractivity contribution in [3.05, 3.63) is 35.9 Å². The van der Waals surface area contributed by atoms with Crippen LogP contribution in [0, 0.1) is 5.92 Å². The molecule has 0 aliphatic heterocycles. The molecule has 0 radical (unpaired) electrons. The van der Waals surface area contributed by atoms with Crippen molar-refractivity contribution < 1.29 is 9.90 Å². The van der Waals surface area contributed by atoms with Crippen molar-refractivity contribution in [1.29, 1.82) is 0 Å². The highest BCUT2D eigenvalue weighted by Gasteiger charge is 2.22. The third-order valence-corrected chi connectivity index (χ3v) is 2.84. The average Bonchev–Trinajstić information content (AvgIpc) is 2.28. The summed E-state index contributed by atoms with van der Waals surface area (Å²) in [7, 11) is 0. The van der Waals surface area contributed by atoms with E-state index in [-0.39, 0.29) is 0 Å². The topological polar surface area (TPSA) is 63.3 Å². The number of aryl methyl sites for hydroxylation is 1. The van der Waals surface area contributed by atoms with Gasteiger partial charge in [-0.25, -0.2) is 0 Å². The van der Waals surface area contributed by atoms with Gasteiger partial charge < -0.3 is 10.8 Å². The van der Waals surface area contributed by atoms with Crippen LogP contribution < -0.4 is 5.73 Å². The minimum atomic E-state index is -0.636. The molecule has 88 valence electrons. The Balaban J connectivity index is 2.46. The van der Waals surface area contributed by atoms with Gasteiger partial charge in [0.2, 0.25) is 5.91 Å². The molecule has 3 N–H and O–H groups in total. The number of benzene rings is 1. The molecule has 0 spiro atoms. The Labute approximate surface area is 96.3 Å². The highest BCUT2D eigenvalue weighted by atomic mass is 16.3. The second-order valence-electron chi connectivity index (χ2n) is 4.01. The molecule has 0 unspecified atom stereocenters. The molecule has 1 rings (SSSR count). The van der Waals surface area contributed by atoms with E-state index in [2.05, 4.69) is 0 Å². The van der Waals surface area contributed by atoms with Crippen molar-refractivity contribution in [3.8, 4) is 0 Å². The van der Waals surface area contributed by atoms with Gasteiger partial charge in [0, 0.05) is 0 Å². The van der Waals surface area contributed by atoms with E-state index in [1.807, 2.05) is 37.3 Å². The van der Waals surface area contributed by atoms with Gasteiger partial charge in [-0.05, 0) is 24.8 Å². The van der Waals surface area contributed by atoms with Crippen LogP contribution in [0.3, 0.4) is 0 Å². The van der Waals surface area contributed by atoms with Gasteiger partial charge in [-0.15, -0.1) is 0 Å². The van der Waals surface area contributed by atoms with Crippen molar-refractivity contribution in [1.82, 2.24) is 0 Å². The molecular formula is C13H19NO2. The SMILES string of the molecule is CC[C@@H](C(N)=O)[C@H](O)CCc1ccccc1. The van der Waals surface area contributed by atoms with E-state index in [0.29, 0.717) is 12.8 Å². The van der Waals surface area contributed by atoms with Crippen molar-refractivity contribution in [2.45, 2.75) is 32.3 Å². The fraction of sp³-hybridized carbons (Fsp3) is 0.462. The first kappa shape index (κ1) is 12.7. The van der Waals surface area contributed by atoms with Crippen LogP contribution in [0.2, 0.25) is 0 Å². The van der Waals surface area contributed by atoms with Crippen LogP contribution in [-0.2, 0) is 11.2 Å². The lowest BCUT2D eigenvalue weighted by Gasteiger charge is -2.18. The average molecular weight is 221 g/mol. The number of nitrogens with two attached hydrogens (primary N) is 1. The summed E-state index contributed by atoms with van der Waals surface area (Å²) in [6.07, 6.45) is 1.30. The Morgan fingerprint density at radius 2 is 2.00 bits per heavy atom. The van der Waals surface area contributed by atoms with Crippen LogP contribution in [-0.4, -0.2) is 17.1 Å². The summed E-state index contributed by atoms with van der Waals surface area (Å²) in [5.74, 6) is -0.841. The smallest absolute Gasteiger partial charge is 0.223 e. The van der Waals surface area contributed by atoms with E-state index in [4.69, 9.17) is 5.73 Å². The fourth-order valence-electron chi connectivity index (χ4n) is 1.82. The summed E-state index contributed by atoms with van der Waals surface area (Å²) in [5.41, 5.74) is 6.39. The Morgan fingerprint density at radius 3 is 2.50 bits per heavy atom. The van der Waals surface area contributed by atoms with Crippen molar-refractivity contribution in [2.75, 3.05) is 0 Å². The molecule has 0 heterocycles. The molecule has 3 heteroatoms. The lowest BCUT2D eigenvalue weighted by atomic mass is 9.94. The molecular weight excluding hydrogens is 202 g/mol. The molecule has 1 amide bonds. The molecule has 0 aliphatic rings. The number of primary amides is 1. The first-order valence-corrected chi connectivity index (χ1v) is 5.66. The number of aliphatic hydroxyl groups is 1. The number of hydrogen-bond donors (Lipinski definition) is 2. The third-order valence-electron chi connectivity index (χ3n) is 2.84. The zero-order chi connectivity index (χ0) is 12.0. The molecule has 0 aromatic heterocycles. The lowest BCUT2D eigenvalue weighted by molar-refractivity contribution is -0.125. The molecule has 1 aromatic rings. The first-order valence-electron chi connectivity index (χ1n) is 5.66. The molecule has 0 fully saturated rings. The van der Waals surface area contributed by atoms with Gasteiger partial charge in [0.25, 0.3) is 0 Å². The predicted octanol–water partition coefficient (Wildman–Crippen LogP) is 1.49. The maximum Gasteiger partial charge on any atom is 0.223 e. The number of amides is 1. The maximum absolute atomic E-state index is 11.0. The normalized spacial score (nSPS) is 14.4. The highest BCUT2D eigenvalue weighted by Crippen LogP contribution is 2.14. The molecule has 0 saturated carbocycles. The predicted molar refractivity (Wildman–Crippen MR) is 63.7 cm³/mol. The number of carbonyl (C=O) groups is 1. The van der Waals surface area contributed by atoms with Gasteiger partial charge in [-0.1, -0.05) is 37.3 Å². The monoisotopic (exact) mass is 221 g/mol. The van der Waals surface area contributed by atoms with E-state index in [9.17, 15) is 9.90 Å². The molecule has 16 heavy (non-hydrogen) atoms. The summed E-state index contributed by atoms with van der Waals surface area (Å²) in [5, 5.41) is 9.84.